The van der Waals surface area contributed by atoms with Gasteiger partial charge in [0.05, 0.1) is 5.70 Å². The molecule has 2 aromatic heterocycles. The van der Waals surface area contributed by atoms with Crippen molar-refractivity contribution in [3.05, 3.63) is 30.4 Å². The molecule has 0 saturated heterocycles. The van der Waals surface area contributed by atoms with Crippen molar-refractivity contribution < 1.29 is 9.90 Å². The lowest BCUT2D eigenvalue weighted by molar-refractivity contribution is -0.135. The van der Waals surface area contributed by atoms with Gasteiger partial charge in [-0.05, 0) is 23.8 Å². The van der Waals surface area contributed by atoms with Gasteiger partial charge < -0.3 is 25.7 Å². The summed E-state index contributed by atoms with van der Waals surface area (Å²) in [7, 11) is 0. The molecule has 0 atom stereocenters. The monoisotopic (exact) mass is 372 g/mol. The Bertz CT molecular complexity index is 817. The average molecular weight is 372 g/mol. The lowest BCUT2D eigenvalue weighted by Crippen LogP contribution is -2.21. The summed E-state index contributed by atoms with van der Waals surface area (Å²) < 4.78 is 2.14. The van der Waals surface area contributed by atoms with E-state index in [-0.39, 0.29) is 6.54 Å². The van der Waals surface area contributed by atoms with Crippen LogP contribution >= 0.6 is 0 Å². The molecule has 0 spiro atoms. The van der Waals surface area contributed by atoms with Crippen LogP contribution in [0.25, 0.3) is 11.0 Å². The molecular weight excluding hydrogens is 344 g/mol. The van der Waals surface area contributed by atoms with Crippen molar-refractivity contribution in [3.8, 4) is 0 Å². The number of rotatable bonds is 10. The summed E-state index contributed by atoms with van der Waals surface area (Å²) in [6.07, 6.45) is 6.27. The van der Waals surface area contributed by atoms with Crippen LogP contribution in [0, 0.1) is 23.2 Å². The van der Waals surface area contributed by atoms with E-state index in [2.05, 4.69) is 52.9 Å². The normalized spacial score (nSPS) is 12.2. The number of carbonyl (C=O) groups is 1. The summed E-state index contributed by atoms with van der Waals surface area (Å²) in [5, 5.41) is 22.6. The van der Waals surface area contributed by atoms with E-state index in [0.717, 1.165) is 23.8 Å². The van der Waals surface area contributed by atoms with Crippen molar-refractivity contribution in [2.45, 2.75) is 34.2 Å². The number of nitrogens with zero attached hydrogens (tertiary/aromatic N) is 3. The Balaban J connectivity index is 2.22. The maximum atomic E-state index is 10.6. The van der Waals surface area contributed by atoms with Crippen LogP contribution in [0.4, 0.5) is 5.95 Å². The first-order valence-corrected chi connectivity index (χ1v) is 9.06. The van der Waals surface area contributed by atoms with Crippen LogP contribution in [-0.4, -0.2) is 38.4 Å². The zero-order valence-electron chi connectivity index (χ0n) is 16.2. The minimum atomic E-state index is -0.976. The third-order valence-corrected chi connectivity index (χ3v) is 4.54. The Morgan fingerprint density at radius 2 is 2.04 bits per heavy atom. The highest BCUT2D eigenvalue weighted by molar-refractivity contribution is 5.81. The fourth-order valence-corrected chi connectivity index (χ4v) is 3.09. The highest BCUT2D eigenvalue weighted by atomic mass is 16.4. The summed E-state index contributed by atoms with van der Waals surface area (Å²) in [4.78, 5) is 19.4. The number of hydrogen-bond acceptors (Lipinski definition) is 6. The predicted octanol–water partition coefficient (Wildman–Crippen LogP) is 2.94. The topological polar surface area (TPSA) is 116 Å². The second-order valence-electron chi connectivity index (χ2n) is 7.24. The van der Waals surface area contributed by atoms with Gasteiger partial charge in [0.2, 0.25) is 5.95 Å². The van der Waals surface area contributed by atoms with Gasteiger partial charge in [0.25, 0.3) is 0 Å². The van der Waals surface area contributed by atoms with Crippen molar-refractivity contribution >= 4 is 29.2 Å². The van der Waals surface area contributed by atoms with Crippen molar-refractivity contribution in [2.75, 3.05) is 11.9 Å². The number of allylic oxidation sites excluding steroid dienone is 1. The van der Waals surface area contributed by atoms with Gasteiger partial charge in [0, 0.05) is 36.7 Å². The van der Waals surface area contributed by atoms with Gasteiger partial charge >= 0.3 is 5.97 Å². The van der Waals surface area contributed by atoms with Crippen molar-refractivity contribution in [2.24, 2.45) is 17.8 Å². The van der Waals surface area contributed by atoms with E-state index < -0.39 is 5.97 Å². The second-order valence-corrected chi connectivity index (χ2v) is 7.24. The smallest absolute Gasteiger partial charge is 0.322 e. The standard InChI is InChI=1S/C19H28N6O2/c1-12(2)16(13(3)4)11-25-6-5-14-8-22-19(24-18(14)25)23-15(7-20)9-21-10-17(26)27/h5-9,12-13,16,20-21H,10-11H2,1-4H3,(H,26,27)(H,22,23,24)/b15-9+,20-7?. The van der Waals surface area contributed by atoms with Crippen molar-refractivity contribution in [1.82, 2.24) is 19.9 Å². The fraction of sp³-hybridized carbons (Fsp3) is 0.474. The number of fused-ring (bicyclic) bond motifs is 1. The first kappa shape index (κ1) is 20.4. The molecule has 0 aliphatic heterocycles. The summed E-state index contributed by atoms with van der Waals surface area (Å²) in [6.45, 7) is 9.61. The molecule has 0 aliphatic carbocycles. The molecule has 0 radical (unpaired) electrons. The zero-order valence-corrected chi connectivity index (χ0v) is 16.2. The van der Waals surface area contributed by atoms with Gasteiger partial charge in [0.15, 0.2) is 0 Å². The van der Waals surface area contributed by atoms with E-state index in [1.165, 1.54) is 6.20 Å². The predicted molar refractivity (Wildman–Crippen MR) is 107 cm³/mol. The number of carboxylic acid groups (broad SMARTS) is 1. The van der Waals surface area contributed by atoms with Gasteiger partial charge in [-0.25, -0.2) is 4.98 Å². The molecular formula is C19H28N6O2. The molecule has 8 nitrogen and oxygen atoms in total. The summed E-state index contributed by atoms with van der Waals surface area (Å²) in [6, 6.07) is 2.00. The molecule has 0 unspecified atom stereocenters. The molecule has 8 heteroatoms. The summed E-state index contributed by atoms with van der Waals surface area (Å²) >= 11 is 0. The van der Waals surface area contributed by atoms with E-state index in [4.69, 9.17) is 10.5 Å². The van der Waals surface area contributed by atoms with Gasteiger partial charge in [-0.1, -0.05) is 27.7 Å². The largest absolute Gasteiger partial charge is 0.480 e. The Hall–Kier alpha value is -2.90. The van der Waals surface area contributed by atoms with E-state index in [9.17, 15) is 4.79 Å². The molecule has 0 bridgehead atoms. The van der Waals surface area contributed by atoms with Crippen LogP contribution in [0.15, 0.2) is 30.4 Å². The molecule has 2 rings (SSSR count). The van der Waals surface area contributed by atoms with Gasteiger partial charge in [-0.3, -0.25) is 4.79 Å². The SMILES string of the molecule is CC(C)C(Cn1ccc2cnc(N/C(C=N)=C/NCC(=O)O)nc21)C(C)C. The number of aliphatic carboxylic acids is 1. The molecule has 0 aliphatic rings. The highest BCUT2D eigenvalue weighted by Gasteiger charge is 2.19. The summed E-state index contributed by atoms with van der Waals surface area (Å²) in [5.74, 6) is 1.05. The number of carboxylic acids is 1. The van der Waals surface area contributed by atoms with Crippen LogP contribution in [0.5, 0.6) is 0 Å². The van der Waals surface area contributed by atoms with E-state index >= 15 is 0 Å². The zero-order chi connectivity index (χ0) is 20.0. The number of anilines is 1. The molecule has 0 fully saturated rings. The third kappa shape index (κ3) is 5.54. The number of hydrogen-bond donors (Lipinski definition) is 4. The van der Waals surface area contributed by atoms with E-state index in [1.807, 2.05) is 12.3 Å². The average Bonchev–Trinajstić information content (AvgIpc) is 3.00. The maximum absolute atomic E-state index is 10.6. The van der Waals surface area contributed by atoms with Crippen LogP contribution in [-0.2, 0) is 11.3 Å². The Labute approximate surface area is 159 Å². The van der Waals surface area contributed by atoms with Crippen LogP contribution in [0.2, 0.25) is 0 Å². The number of nitrogens with one attached hydrogen (secondary N) is 3. The molecule has 2 heterocycles. The second kappa shape index (κ2) is 9.16. The minimum Gasteiger partial charge on any atom is -0.480 e. The quantitative estimate of drug-likeness (QED) is 0.477. The first-order chi connectivity index (χ1) is 12.8. The van der Waals surface area contributed by atoms with Crippen LogP contribution < -0.4 is 10.6 Å². The van der Waals surface area contributed by atoms with E-state index in [1.54, 1.807) is 6.20 Å². The Kier molecular flexibility index (Phi) is 6.92. The van der Waals surface area contributed by atoms with Gasteiger partial charge in [0.1, 0.15) is 12.2 Å². The third-order valence-electron chi connectivity index (χ3n) is 4.54. The lowest BCUT2D eigenvalue weighted by atomic mass is 9.85. The fourth-order valence-electron chi connectivity index (χ4n) is 3.09. The Morgan fingerprint density at radius 1 is 1.33 bits per heavy atom. The first-order valence-electron chi connectivity index (χ1n) is 9.06. The minimum absolute atomic E-state index is 0.229. The van der Waals surface area contributed by atoms with Crippen LogP contribution in [0.3, 0.4) is 0 Å². The summed E-state index contributed by atoms with van der Waals surface area (Å²) in [5.41, 5.74) is 1.21. The van der Waals surface area contributed by atoms with Crippen molar-refractivity contribution in [1.29, 1.82) is 5.41 Å². The van der Waals surface area contributed by atoms with Gasteiger partial charge in [-0.15, -0.1) is 0 Å². The number of aromatic nitrogens is 3. The van der Waals surface area contributed by atoms with Gasteiger partial charge in [-0.2, -0.15) is 4.98 Å². The highest BCUT2D eigenvalue weighted by Crippen LogP contribution is 2.25. The molecule has 0 aromatic carbocycles. The Morgan fingerprint density at radius 3 is 2.63 bits per heavy atom. The molecule has 0 amide bonds. The van der Waals surface area contributed by atoms with E-state index in [0.29, 0.717) is 29.4 Å². The van der Waals surface area contributed by atoms with Crippen molar-refractivity contribution in [3.63, 3.8) is 0 Å². The molecule has 4 N–H and O–H groups in total. The molecule has 27 heavy (non-hydrogen) atoms. The molecule has 0 saturated carbocycles. The van der Waals surface area contributed by atoms with Crippen LogP contribution in [0.1, 0.15) is 27.7 Å². The lowest BCUT2D eigenvalue weighted by Gasteiger charge is -2.25. The molecule has 2 aromatic rings. The maximum Gasteiger partial charge on any atom is 0.322 e. The molecule has 146 valence electrons.